The van der Waals surface area contributed by atoms with E-state index >= 15 is 0 Å². The molecule has 0 spiro atoms. The highest BCUT2D eigenvalue weighted by Gasteiger charge is 2.42. The maximum atomic E-state index is 12.7. The average molecular weight is 452 g/mol. The quantitative estimate of drug-likeness (QED) is 0.565. The number of carbonyl (C=O) groups is 1. The van der Waals surface area contributed by atoms with Crippen molar-refractivity contribution in [2.75, 3.05) is 0 Å². The molecule has 2 atom stereocenters. The molecule has 1 aromatic carbocycles. The SMILES string of the molecule is O=C(c1cc(Br)cc(Br)c1)N1C2CCC1CC(Br)C2. The monoisotopic (exact) mass is 449 g/mol. The second-order valence-corrected chi connectivity index (χ2v) is 8.45. The second kappa shape index (κ2) is 5.49. The normalized spacial score (nSPS) is 29.6. The Bertz CT molecular complexity index is 485. The van der Waals surface area contributed by atoms with Gasteiger partial charge in [-0.05, 0) is 43.9 Å². The van der Waals surface area contributed by atoms with Crippen LogP contribution in [0.2, 0.25) is 0 Å². The van der Waals surface area contributed by atoms with Crippen molar-refractivity contribution in [3.63, 3.8) is 0 Å². The largest absolute Gasteiger partial charge is 0.333 e. The Hall–Kier alpha value is 0.130. The molecule has 0 radical (unpaired) electrons. The summed E-state index contributed by atoms with van der Waals surface area (Å²) in [6, 6.07) is 6.59. The summed E-state index contributed by atoms with van der Waals surface area (Å²) in [6.45, 7) is 0. The number of hydrogen-bond donors (Lipinski definition) is 0. The summed E-state index contributed by atoms with van der Waals surface area (Å²) in [5, 5.41) is 0. The first-order chi connectivity index (χ1) is 9.04. The van der Waals surface area contributed by atoms with Gasteiger partial charge in [0.15, 0.2) is 0 Å². The summed E-state index contributed by atoms with van der Waals surface area (Å²) in [5.41, 5.74) is 0.770. The third kappa shape index (κ3) is 2.79. The maximum absolute atomic E-state index is 12.7. The highest BCUT2D eigenvalue weighted by atomic mass is 79.9. The van der Waals surface area contributed by atoms with Crippen LogP contribution in [0.4, 0.5) is 0 Å². The molecule has 2 bridgehead atoms. The molecule has 0 aliphatic carbocycles. The van der Waals surface area contributed by atoms with Crippen LogP contribution in [0.15, 0.2) is 27.1 Å². The van der Waals surface area contributed by atoms with E-state index < -0.39 is 0 Å². The number of nitrogens with zero attached hydrogens (tertiary/aromatic N) is 1. The lowest BCUT2D eigenvalue weighted by atomic mass is 10.0. The third-order valence-electron chi connectivity index (χ3n) is 4.02. The lowest BCUT2D eigenvalue weighted by molar-refractivity contribution is 0.0603. The van der Waals surface area contributed by atoms with Gasteiger partial charge >= 0.3 is 0 Å². The van der Waals surface area contributed by atoms with Crippen LogP contribution in [0.1, 0.15) is 36.0 Å². The van der Waals surface area contributed by atoms with E-state index in [9.17, 15) is 4.79 Å². The van der Waals surface area contributed by atoms with Crippen LogP contribution in [-0.4, -0.2) is 27.7 Å². The van der Waals surface area contributed by atoms with Crippen LogP contribution in [0.3, 0.4) is 0 Å². The topological polar surface area (TPSA) is 20.3 Å². The Kier molecular flexibility index (Phi) is 4.07. The summed E-state index contributed by atoms with van der Waals surface area (Å²) in [6.07, 6.45) is 4.45. The minimum Gasteiger partial charge on any atom is -0.333 e. The highest BCUT2D eigenvalue weighted by molar-refractivity contribution is 9.11. The van der Waals surface area contributed by atoms with E-state index in [1.54, 1.807) is 0 Å². The predicted molar refractivity (Wildman–Crippen MR) is 86.8 cm³/mol. The zero-order valence-electron chi connectivity index (χ0n) is 10.3. The van der Waals surface area contributed by atoms with Gasteiger partial charge < -0.3 is 4.90 Å². The fraction of sp³-hybridized carbons (Fsp3) is 0.500. The minimum atomic E-state index is 0.175. The summed E-state index contributed by atoms with van der Waals surface area (Å²) in [4.78, 5) is 15.4. The van der Waals surface area contributed by atoms with Crippen LogP contribution >= 0.6 is 47.8 Å². The molecule has 102 valence electrons. The molecule has 2 unspecified atom stereocenters. The third-order valence-corrected chi connectivity index (χ3v) is 5.68. The van der Waals surface area contributed by atoms with Gasteiger partial charge in [0.25, 0.3) is 5.91 Å². The summed E-state index contributed by atoms with van der Waals surface area (Å²) in [5.74, 6) is 0.175. The van der Waals surface area contributed by atoms with Gasteiger partial charge in [-0.1, -0.05) is 47.8 Å². The fourth-order valence-corrected chi connectivity index (χ4v) is 5.43. The maximum Gasteiger partial charge on any atom is 0.254 e. The van der Waals surface area contributed by atoms with Crippen molar-refractivity contribution in [2.24, 2.45) is 0 Å². The van der Waals surface area contributed by atoms with Gasteiger partial charge in [-0.15, -0.1) is 0 Å². The van der Waals surface area contributed by atoms with Crippen molar-refractivity contribution in [1.82, 2.24) is 4.90 Å². The summed E-state index contributed by atoms with van der Waals surface area (Å²) >= 11 is 10.6. The second-order valence-electron chi connectivity index (χ2n) is 5.32. The number of amides is 1. The Labute approximate surface area is 138 Å². The first-order valence-corrected chi connectivity index (χ1v) is 8.97. The van der Waals surface area contributed by atoms with Gasteiger partial charge in [-0.2, -0.15) is 0 Å². The number of fused-ring (bicyclic) bond motifs is 2. The molecule has 19 heavy (non-hydrogen) atoms. The molecule has 2 aliphatic rings. The van der Waals surface area contributed by atoms with Crippen molar-refractivity contribution in [3.8, 4) is 0 Å². The number of carbonyl (C=O) groups excluding carboxylic acids is 1. The zero-order chi connectivity index (χ0) is 13.6. The van der Waals surface area contributed by atoms with Crippen LogP contribution in [0.25, 0.3) is 0 Å². The van der Waals surface area contributed by atoms with Crippen molar-refractivity contribution in [1.29, 1.82) is 0 Å². The molecule has 2 nitrogen and oxygen atoms in total. The van der Waals surface area contributed by atoms with Crippen molar-refractivity contribution >= 4 is 53.7 Å². The van der Waals surface area contributed by atoms with E-state index in [0.717, 1.165) is 40.2 Å². The van der Waals surface area contributed by atoms with Gasteiger partial charge in [0.1, 0.15) is 0 Å². The van der Waals surface area contributed by atoms with Crippen molar-refractivity contribution < 1.29 is 4.79 Å². The number of alkyl halides is 1. The lowest BCUT2D eigenvalue weighted by Gasteiger charge is -2.37. The first-order valence-electron chi connectivity index (χ1n) is 6.47. The Morgan fingerprint density at radius 1 is 1.05 bits per heavy atom. The fourth-order valence-electron chi connectivity index (χ4n) is 3.27. The van der Waals surface area contributed by atoms with Gasteiger partial charge in [-0.3, -0.25) is 4.79 Å². The smallest absolute Gasteiger partial charge is 0.254 e. The number of halogens is 3. The molecule has 5 heteroatoms. The molecule has 1 aromatic rings. The van der Waals surface area contributed by atoms with Gasteiger partial charge in [0.05, 0.1) is 0 Å². The highest BCUT2D eigenvalue weighted by Crippen LogP contribution is 2.39. The van der Waals surface area contributed by atoms with Crippen LogP contribution in [0, 0.1) is 0 Å². The molecule has 2 aliphatic heterocycles. The van der Waals surface area contributed by atoms with E-state index in [1.165, 1.54) is 0 Å². The molecule has 0 saturated carbocycles. The first kappa shape index (κ1) is 14.1. The van der Waals surface area contributed by atoms with Crippen LogP contribution in [0.5, 0.6) is 0 Å². The van der Waals surface area contributed by atoms with Gasteiger partial charge in [0, 0.05) is 31.4 Å². The summed E-state index contributed by atoms with van der Waals surface area (Å²) in [7, 11) is 0. The van der Waals surface area contributed by atoms with E-state index in [-0.39, 0.29) is 5.91 Å². The van der Waals surface area contributed by atoms with Crippen LogP contribution < -0.4 is 0 Å². The molecule has 0 aromatic heterocycles. The number of hydrogen-bond acceptors (Lipinski definition) is 1. The van der Waals surface area contributed by atoms with E-state index in [1.807, 2.05) is 18.2 Å². The van der Waals surface area contributed by atoms with Crippen molar-refractivity contribution in [2.45, 2.75) is 42.6 Å². The summed E-state index contributed by atoms with van der Waals surface area (Å²) < 4.78 is 1.88. The van der Waals surface area contributed by atoms with E-state index in [0.29, 0.717) is 16.9 Å². The average Bonchev–Trinajstić information content (AvgIpc) is 2.59. The van der Waals surface area contributed by atoms with Gasteiger partial charge in [-0.25, -0.2) is 0 Å². The Morgan fingerprint density at radius 3 is 2.11 bits per heavy atom. The number of benzene rings is 1. The molecule has 2 fully saturated rings. The molecule has 3 rings (SSSR count). The molecule has 2 heterocycles. The number of rotatable bonds is 1. The molecular formula is C14H14Br3NO. The lowest BCUT2D eigenvalue weighted by Crippen LogP contribution is -2.46. The van der Waals surface area contributed by atoms with E-state index in [2.05, 4.69) is 52.7 Å². The van der Waals surface area contributed by atoms with Crippen molar-refractivity contribution in [3.05, 3.63) is 32.7 Å². The Balaban J connectivity index is 1.88. The van der Waals surface area contributed by atoms with E-state index in [4.69, 9.17) is 0 Å². The predicted octanol–water partition coefficient (Wildman–Crippen LogP) is 4.74. The van der Waals surface area contributed by atoms with Gasteiger partial charge in [0.2, 0.25) is 0 Å². The molecule has 2 saturated heterocycles. The van der Waals surface area contributed by atoms with Crippen LogP contribution in [-0.2, 0) is 0 Å². The minimum absolute atomic E-state index is 0.175. The molecule has 0 N–H and O–H groups in total. The zero-order valence-corrected chi connectivity index (χ0v) is 15.0. The molecule has 1 amide bonds. The number of piperidine rings is 1. The standard InChI is InChI=1S/C14H14Br3NO/c15-9-3-8(4-10(16)5-9)14(19)18-12-1-2-13(18)7-11(17)6-12/h3-5,11-13H,1-2,6-7H2. The molecular weight excluding hydrogens is 438 g/mol. The Morgan fingerprint density at radius 2 is 1.58 bits per heavy atom.